The number of hydrogen-bond acceptors (Lipinski definition) is 5. The number of nitrogens with two attached hydrogens (primary N) is 1. The van der Waals surface area contributed by atoms with Gasteiger partial charge in [0, 0.05) is 6.07 Å². The van der Waals surface area contributed by atoms with Crippen LogP contribution in [0.15, 0.2) is 77.8 Å². The predicted octanol–water partition coefficient (Wildman–Crippen LogP) is 4.10. The number of methoxy groups -OCH3 is 2. The van der Waals surface area contributed by atoms with Gasteiger partial charge >= 0.3 is 5.97 Å². The molecule has 0 bridgehead atoms. The number of amidine groups is 1. The van der Waals surface area contributed by atoms with Gasteiger partial charge in [0.25, 0.3) is 0 Å². The maximum Gasteiger partial charge on any atom is 0.341 e. The summed E-state index contributed by atoms with van der Waals surface area (Å²) in [4.78, 5) is 16.3. The third-order valence-electron chi connectivity index (χ3n) is 4.24. The highest BCUT2D eigenvalue weighted by atomic mass is 16.5. The Balaban J connectivity index is 1.85. The van der Waals surface area contributed by atoms with Crippen LogP contribution in [-0.2, 0) is 11.3 Å². The highest BCUT2D eigenvalue weighted by molar-refractivity contribution is 6.01. The van der Waals surface area contributed by atoms with E-state index in [2.05, 4.69) is 4.99 Å². The van der Waals surface area contributed by atoms with Crippen molar-refractivity contribution >= 4 is 17.5 Å². The standard InChI is InChI=1S/C23H22N2O4/c1-27-21-14-17(12-13-19(21)23(26)28-2)25-22(24)18-10-6-7-11-20(18)29-15-16-8-4-3-5-9-16/h3-14H,15H2,1-2H3,(H2,24,25). The van der Waals surface area contributed by atoms with Gasteiger partial charge in [0.1, 0.15) is 29.5 Å². The molecule has 2 N–H and O–H groups in total. The van der Waals surface area contributed by atoms with E-state index in [4.69, 9.17) is 19.9 Å². The number of rotatable bonds is 7. The molecule has 6 nitrogen and oxygen atoms in total. The van der Waals surface area contributed by atoms with Crippen LogP contribution in [0.1, 0.15) is 21.5 Å². The second kappa shape index (κ2) is 9.41. The van der Waals surface area contributed by atoms with Gasteiger partial charge in [-0.3, -0.25) is 0 Å². The maximum absolute atomic E-state index is 11.8. The molecule has 0 amide bonds. The molecule has 3 rings (SSSR count). The van der Waals surface area contributed by atoms with Gasteiger partial charge in [0.15, 0.2) is 0 Å². The number of carbonyl (C=O) groups excluding carboxylic acids is 1. The van der Waals surface area contributed by atoms with E-state index in [1.807, 2.05) is 54.6 Å². The Kier molecular flexibility index (Phi) is 6.47. The summed E-state index contributed by atoms with van der Waals surface area (Å²) in [5, 5.41) is 0. The number of hydrogen-bond donors (Lipinski definition) is 1. The number of esters is 1. The molecule has 0 atom stereocenters. The molecule has 0 fully saturated rings. The van der Waals surface area contributed by atoms with E-state index in [9.17, 15) is 4.79 Å². The Morgan fingerprint density at radius 3 is 2.34 bits per heavy atom. The van der Waals surface area contributed by atoms with Crippen LogP contribution in [0.25, 0.3) is 0 Å². The number of carbonyl (C=O) groups is 1. The minimum Gasteiger partial charge on any atom is -0.496 e. The summed E-state index contributed by atoms with van der Waals surface area (Å²) in [6.45, 7) is 0.423. The van der Waals surface area contributed by atoms with E-state index in [1.165, 1.54) is 14.2 Å². The molecule has 0 aliphatic carbocycles. The predicted molar refractivity (Wildman–Crippen MR) is 112 cm³/mol. The zero-order chi connectivity index (χ0) is 20.6. The average Bonchev–Trinajstić information content (AvgIpc) is 2.78. The van der Waals surface area contributed by atoms with Crippen LogP contribution < -0.4 is 15.2 Å². The molecule has 6 heteroatoms. The Hall–Kier alpha value is -3.80. The van der Waals surface area contributed by atoms with E-state index in [0.717, 1.165) is 5.56 Å². The van der Waals surface area contributed by atoms with Crippen LogP contribution in [0.4, 0.5) is 5.69 Å². The quantitative estimate of drug-likeness (QED) is 0.373. The molecule has 0 saturated heterocycles. The van der Waals surface area contributed by atoms with Crippen molar-refractivity contribution in [1.82, 2.24) is 0 Å². The van der Waals surface area contributed by atoms with E-state index in [0.29, 0.717) is 40.8 Å². The summed E-state index contributed by atoms with van der Waals surface area (Å²) in [6, 6.07) is 22.2. The van der Waals surface area contributed by atoms with Gasteiger partial charge in [-0.15, -0.1) is 0 Å². The molecule has 3 aromatic carbocycles. The molecule has 148 valence electrons. The molecule has 0 unspecified atom stereocenters. The highest BCUT2D eigenvalue weighted by Gasteiger charge is 2.14. The number of nitrogens with zero attached hydrogens (tertiary/aromatic N) is 1. The summed E-state index contributed by atoms with van der Waals surface area (Å²) < 4.78 is 16.0. The molecule has 0 saturated carbocycles. The van der Waals surface area contributed by atoms with Gasteiger partial charge in [-0.05, 0) is 29.8 Å². The van der Waals surface area contributed by atoms with Crippen molar-refractivity contribution in [3.8, 4) is 11.5 Å². The monoisotopic (exact) mass is 390 g/mol. The van der Waals surface area contributed by atoms with E-state index in [-0.39, 0.29) is 0 Å². The molecule has 29 heavy (non-hydrogen) atoms. The highest BCUT2D eigenvalue weighted by Crippen LogP contribution is 2.27. The van der Waals surface area contributed by atoms with Crippen LogP contribution in [0.2, 0.25) is 0 Å². The molecule has 0 heterocycles. The Morgan fingerprint density at radius 1 is 0.897 bits per heavy atom. The lowest BCUT2D eigenvalue weighted by Gasteiger charge is -2.12. The van der Waals surface area contributed by atoms with Crippen molar-refractivity contribution in [3.05, 3.63) is 89.5 Å². The lowest BCUT2D eigenvalue weighted by atomic mass is 10.1. The minimum absolute atomic E-state index is 0.293. The van der Waals surface area contributed by atoms with Gasteiger partial charge in [0.05, 0.1) is 25.5 Å². The van der Waals surface area contributed by atoms with Gasteiger partial charge in [-0.25, -0.2) is 9.79 Å². The third-order valence-corrected chi connectivity index (χ3v) is 4.24. The largest absolute Gasteiger partial charge is 0.496 e. The van der Waals surface area contributed by atoms with Crippen molar-refractivity contribution < 1.29 is 19.0 Å². The van der Waals surface area contributed by atoms with Crippen LogP contribution >= 0.6 is 0 Å². The number of ether oxygens (including phenoxy) is 3. The molecule has 0 aromatic heterocycles. The molecule has 0 aliphatic rings. The fraction of sp³-hybridized carbons (Fsp3) is 0.130. The smallest absolute Gasteiger partial charge is 0.341 e. The lowest BCUT2D eigenvalue weighted by Crippen LogP contribution is -2.14. The SMILES string of the molecule is COC(=O)c1ccc(N=C(N)c2ccccc2OCc2ccccc2)cc1OC. The van der Waals surface area contributed by atoms with Crippen LogP contribution in [0.5, 0.6) is 11.5 Å². The Morgan fingerprint density at radius 2 is 1.62 bits per heavy atom. The van der Waals surface area contributed by atoms with E-state index >= 15 is 0 Å². The lowest BCUT2D eigenvalue weighted by molar-refractivity contribution is 0.0597. The van der Waals surface area contributed by atoms with Crippen LogP contribution in [0, 0.1) is 0 Å². The Labute approximate surface area is 169 Å². The van der Waals surface area contributed by atoms with Crippen molar-refractivity contribution in [2.75, 3.05) is 14.2 Å². The first-order chi connectivity index (χ1) is 14.1. The first-order valence-corrected chi connectivity index (χ1v) is 8.99. The normalized spacial score (nSPS) is 11.0. The summed E-state index contributed by atoms with van der Waals surface area (Å²) in [7, 11) is 2.80. The number of aliphatic imine (C=N–C) groups is 1. The van der Waals surface area contributed by atoms with Crippen molar-refractivity contribution in [3.63, 3.8) is 0 Å². The van der Waals surface area contributed by atoms with Crippen molar-refractivity contribution in [2.45, 2.75) is 6.61 Å². The fourth-order valence-corrected chi connectivity index (χ4v) is 2.77. The third kappa shape index (κ3) is 4.93. The molecule has 0 spiro atoms. The second-order valence-electron chi connectivity index (χ2n) is 6.14. The molecular weight excluding hydrogens is 368 g/mol. The van der Waals surface area contributed by atoms with Crippen molar-refractivity contribution in [2.24, 2.45) is 10.7 Å². The number of benzene rings is 3. The number of para-hydroxylation sites is 1. The van der Waals surface area contributed by atoms with Gasteiger partial charge in [-0.1, -0.05) is 42.5 Å². The summed E-state index contributed by atoms with van der Waals surface area (Å²) >= 11 is 0. The van der Waals surface area contributed by atoms with Gasteiger partial charge in [-0.2, -0.15) is 0 Å². The Bertz CT molecular complexity index is 1020. The van der Waals surface area contributed by atoms with Gasteiger partial charge in [0.2, 0.25) is 0 Å². The fourth-order valence-electron chi connectivity index (χ4n) is 2.77. The van der Waals surface area contributed by atoms with Crippen LogP contribution in [0.3, 0.4) is 0 Å². The molecule has 0 radical (unpaired) electrons. The molecule has 0 aliphatic heterocycles. The molecular formula is C23H22N2O4. The van der Waals surface area contributed by atoms with E-state index in [1.54, 1.807) is 18.2 Å². The maximum atomic E-state index is 11.8. The zero-order valence-corrected chi connectivity index (χ0v) is 16.3. The van der Waals surface area contributed by atoms with Crippen molar-refractivity contribution in [1.29, 1.82) is 0 Å². The first-order valence-electron chi connectivity index (χ1n) is 8.99. The van der Waals surface area contributed by atoms with E-state index < -0.39 is 5.97 Å². The minimum atomic E-state index is -0.481. The summed E-state index contributed by atoms with van der Waals surface area (Å²) in [6.07, 6.45) is 0. The topological polar surface area (TPSA) is 83.1 Å². The first kappa shape index (κ1) is 19.9. The zero-order valence-electron chi connectivity index (χ0n) is 16.3. The second-order valence-corrected chi connectivity index (χ2v) is 6.14. The summed E-state index contributed by atoms with van der Waals surface area (Å²) in [5.41, 5.74) is 8.85. The average molecular weight is 390 g/mol. The van der Waals surface area contributed by atoms with Gasteiger partial charge < -0.3 is 19.9 Å². The van der Waals surface area contributed by atoms with Crippen LogP contribution in [-0.4, -0.2) is 26.0 Å². The molecule has 3 aromatic rings. The summed E-state index contributed by atoms with van der Waals surface area (Å²) in [5.74, 6) is 0.807.